The van der Waals surface area contributed by atoms with Gasteiger partial charge < -0.3 is 24.4 Å². The number of ether oxygens (including phenoxy) is 2. The number of carbonyl (C=O) groups is 1. The van der Waals surface area contributed by atoms with E-state index in [1.165, 1.54) is 17.8 Å². The van der Waals surface area contributed by atoms with Crippen LogP contribution in [0.15, 0.2) is 29.3 Å². The first-order valence-corrected chi connectivity index (χ1v) is 11.4. The van der Waals surface area contributed by atoms with E-state index in [2.05, 4.69) is 9.72 Å². The summed E-state index contributed by atoms with van der Waals surface area (Å²) in [4.78, 5) is 47.6. The molecule has 4 atom stereocenters. The molecule has 0 amide bonds. The zero-order valence-corrected chi connectivity index (χ0v) is 17.7. The van der Waals surface area contributed by atoms with Gasteiger partial charge in [-0.3, -0.25) is 13.9 Å². The number of rotatable bonds is 7. The third-order valence-electron chi connectivity index (χ3n) is 5.00. The van der Waals surface area contributed by atoms with Crippen LogP contribution in [-0.4, -0.2) is 55.6 Å². The van der Waals surface area contributed by atoms with Crippen molar-refractivity contribution in [2.24, 2.45) is 5.92 Å². The minimum absolute atomic E-state index is 0.0522. The van der Waals surface area contributed by atoms with Crippen LogP contribution in [0.2, 0.25) is 5.02 Å². The van der Waals surface area contributed by atoms with Crippen LogP contribution in [0.3, 0.4) is 0 Å². The van der Waals surface area contributed by atoms with E-state index in [1.807, 2.05) is 0 Å². The average Bonchev–Trinajstić information content (AvgIpc) is 3.01. The van der Waals surface area contributed by atoms with E-state index in [0.29, 0.717) is 5.52 Å². The van der Waals surface area contributed by atoms with Crippen LogP contribution < -0.4 is 5.56 Å². The Morgan fingerprint density at radius 2 is 2.13 bits per heavy atom. The van der Waals surface area contributed by atoms with Crippen molar-refractivity contribution >= 4 is 36.1 Å². The predicted molar refractivity (Wildman–Crippen MR) is 107 cm³/mol. The van der Waals surface area contributed by atoms with Gasteiger partial charge in [0.05, 0.1) is 47.6 Å². The Morgan fingerprint density at radius 1 is 1.40 bits per heavy atom. The zero-order chi connectivity index (χ0) is 22.1. The number of fused-ring (bicyclic) bond motifs is 1. The largest absolute Gasteiger partial charge is 0.464 e. The quantitative estimate of drug-likeness (QED) is 0.412. The molecule has 3 N–H and O–H groups in total. The Kier molecular flexibility index (Phi) is 6.96. The first-order valence-electron chi connectivity index (χ1n) is 9.30. The monoisotopic (exact) mass is 460 g/mol. The van der Waals surface area contributed by atoms with Crippen molar-refractivity contribution in [2.75, 3.05) is 13.2 Å². The molecule has 0 bridgehead atoms. The van der Waals surface area contributed by atoms with Gasteiger partial charge in [-0.1, -0.05) is 17.7 Å². The summed E-state index contributed by atoms with van der Waals surface area (Å²) < 4.78 is 22.7. The standard InChI is InChI=1S/C18H22ClN2O8P/c1-2-28-17(24)18(30(25,26)27)29-8-10-6-13(14(22)7-10)21-9-20-12-5-3-4-11(19)15(12)16(21)23/h3-5,9-10,13-14,18,22H,2,6-8H2,1H3,(H2,25,26,27)/t10-,13+,14+,18-/m0/s1. The molecule has 1 aromatic carbocycles. The summed E-state index contributed by atoms with van der Waals surface area (Å²) in [7, 11) is -4.89. The van der Waals surface area contributed by atoms with Crippen LogP contribution in [0.1, 0.15) is 25.8 Å². The van der Waals surface area contributed by atoms with Gasteiger partial charge in [-0.25, -0.2) is 9.78 Å². The number of hydrogen-bond donors (Lipinski definition) is 3. The van der Waals surface area contributed by atoms with E-state index in [9.17, 15) is 29.0 Å². The van der Waals surface area contributed by atoms with Gasteiger partial charge in [0.1, 0.15) is 0 Å². The number of aliphatic hydroxyl groups is 1. The van der Waals surface area contributed by atoms with Crippen molar-refractivity contribution in [3.8, 4) is 0 Å². The van der Waals surface area contributed by atoms with Crippen molar-refractivity contribution in [1.29, 1.82) is 0 Å². The molecule has 164 valence electrons. The first-order chi connectivity index (χ1) is 14.1. The molecule has 12 heteroatoms. The van der Waals surface area contributed by atoms with Gasteiger partial charge in [0.15, 0.2) is 0 Å². The molecular formula is C18H22ClN2O8P. The maximum Gasteiger partial charge on any atom is 0.365 e. The van der Waals surface area contributed by atoms with E-state index in [4.69, 9.17) is 16.3 Å². The molecule has 1 aromatic heterocycles. The summed E-state index contributed by atoms with van der Waals surface area (Å²) in [6, 6.07) is 4.30. The van der Waals surface area contributed by atoms with E-state index in [-0.39, 0.29) is 42.4 Å². The van der Waals surface area contributed by atoms with E-state index in [0.717, 1.165) is 0 Å². The molecule has 1 fully saturated rings. The number of esters is 1. The van der Waals surface area contributed by atoms with Crippen LogP contribution in [-0.2, 0) is 18.8 Å². The molecule has 30 heavy (non-hydrogen) atoms. The van der Waals surface area contributed by atoms with Crippen molar-refractivity contribution in [2.45, 2.75) is 37.8 Å². The molecule has 0 aliphatic heterocycles. The van der Waals surface area contributed by atoms with Gasteiger partial charge in [0.25, 0.3) is 11.4 Å². The number of nitrogens with zero attached hydrogens (tertiary/aromatic N) is 2. The number of aliphatic hydroxyl groups excluding tert-OH is 1. The molecule has 0 spiro atoms. The third kappa shape index (κ3) is 4.74. The first kappa shape index (κ1) is 22.9. The highest BCUT2D eigenvalue weighted by Crippen LogP contribution is 2.43. The normalized spacial score (nSPS) is 22.9. The smallest absolute Gasteiger partial charge is 0.365 e. The lowest BCUT2D eigenvalue weighted by Gasteiger charge is -2.20. The van der Waals surface area contributed by atoms with Crippen LogP contribution in [0.25, 0.3) is 10.9 Å². The van der Waals surface area contributed by atoms with Gasteiger partial charge in [-0.05, 0) is 37.8 Å². The molecular weight excluding hydrogens is 439 g/mol. The molecule has 3 rings (SSSR count). The predicted octanol–water partition coefficient (Wildman–Crippen LogP) is 1.45. The van der Waals surface area contributed by atoms with Crippen LogP contribution in [0.5, 0.6) is 0 Å². The highest BCUT2D eigenvalue weighted by molar-refractivity contribution is 7.53. The lowest BCUT2D eigenvalue weighted by Crippen LogP contribution is -2.29. The second-order valence-electron chi connectivity index (χ2n) is 7.09. The fourth-order valence-corrected chi connectivity index (χ4v) is 4.53. The second kappa shape index (κ2) is 9.13. The van der Waals surface area contributed by atoms with Crippen molar-refractivity contribution in [3.63, 3.8) is 0 Å². The van der Waals surface area contributed by atoms with Gasteiger partial charge >= 0.3 is 13.6 Å². The van der Waals surface area contributed by atoms with E-state index in [1.54, 1.807) is 18.2 Å². The van der Waals surface area contributed by atoms with Crippen LogP contribution >= 0.6 is 19.2 Å². The Bertz CT molecular complexity index is 1040. The topological polar surface area (TPSA) is 148 Å². The van der Waals surface area contributed by atoms with E-state index < -0.39 is 37.1 Å². The summed E-state index contributed by atoms with van der Waals surface area (Å²) >= 11 is 6.14. The van der Waals surface area contributed by atoms with Gasteiger partial charge in [0, 0.05) is 0 Å². The minimum Gasteiger partial charge on any atom is -0.464 e. The van der Waals surface area contributed by atoms with Crippen LogP contribution in [0.4, 0.5) is 0 Å². The van der Waals surface area contributed by atoms with Crippen molar-refractivity contribution in [3.05, 3.63) is 39.9 Å². The molecule has 0 radical (unpaired) electrons. The molecule has 1 aliphatic rings. The number of aromatic nitrogens is 2. The number of halogens is 1. The Hall–Kier alpha value is -1.81. The molecule has 0 unspecified atom stereocenters. The highest BCUT2D eigenvalue weighted by atomic mass is 35.5. The molecule has 1 aliphatic carbocycles. The maximum atomic E-state index is 12.9. The van der Waals surface area contributed by atoms with Crippen LogP contribution in [0, 0.1) is 5.92 Å². The molecule has 1 heterocycles. The SMILES string of the molecule is CCOC(=O)[C@@H](OC[C@@H]1C[C@@H](O)[C@H](n2cnc3cccc(Cl)c3c2=O)C1)P(=O)(O)O. The summed E-state index contributed by atoms with van der Waals surface area (Å²) in [6.07, 6.45) is 0.938. The number of benzene rings is 1. The lowest BCUT2D eigenvalue weighted by atomic mass is 10.1. The van der Waals surface area contributed by atoms with Gasteiger partial charge in [0.2, 0.25) is 0 Å². The average molecular weight is 461 g/mol. The van der Waals surface area contributed by atoms with E-state index >= 15 is 0 Å². The maximum absolute atomic E-state index is 12.9. The summed E-state index contributed by atoms with van der Waals surface area (Å²) in [5, 5.41) is 11.0. The molecule has 2 aromatic rings. The lowest BCUT2D eigenvalue weighted by molar-refractivity contribution is -0.152. The Balaban J connectivity index is 1.76. The van der Waals surface area contributed by atoms with Crippen molar-refractivity contribution < 1.29 is 33.7 Å². The summed E-state index contributed by atoms with van der Waals surface area (Å²) in [5.74, 6) is -3.52. The Labute approximate surface area is 176 Å². The Morgan fingerprint density at radius 3 is 2.80 bits per heavy atom. The summed E-state index contributed by atoms with van der Waals surface area (Å²) in [5.41, 5.74) is 0.0471. The molecule has 0 saturated heterocycles. The molecule has 1 saturated carbocycles. The number of hydrogen-bond acceptors (Lipinski definition) is 7. The highest BCUT2D eigenvalue weighted by Gasteiger charge is 2.41. The van der Waals surface area contributed by atoms with Crippen molar-refractivity contribution in [1.82, 2.24) is 9.55 Å². The number of carbonyl (C=O) groups excluding carboxylic acids is 1. The minimum atomic E-state index is -4.89. The third-order valence-corrected chi connectivity index (χ3v) is 6.28. The van der Waals surface area contributed by atoms with Gasteiger partial charge in [-0.15, -0.1) is 0 Å². The second-order valence-corrected chi connectivity index (χ2v) is 9.14. The fraction of sp³-hybridized carbons (Fsp3) is 0.500. The fourth-order valence-electron chi connectivity index (χ4n) is 3.65. The van der Waals surface area contributed by atoms with Gasteiger partial charge in [-0.2, -0.15) is 0 Å². The molecule has 10 nitrogen and oxygen atoms in total. The zero-order valence-electron chi connectivity index (χ0n) is 16.0. The summed E-state index contributed by atoms with van der Waals surface area (Å²) in [6.45, 7) is 1.26.